The van der Waals surface area contributed by atoms with Gasteiger partial charge in [-0.3, -0.25) is 9.69 Å². The van der Waals surface area contributed by atoms with Gasteiger partial charge in [0.2, 0.25) is 0 Å². The van der Waals surface area contributed by atoms with Gasteiger partial charge in [0.1, 0.15) is 11.6 Å². The third kappa shape index (κ3) is 3.01. The van der Waals surface area contributed by atoms with Crippen LogP contribution in [-0.2, 0) is 15.1 Å². The average molecular weight is 391 g/mol. The fourth-order valence-electron chi connectivity index (χ4n) is 3.89. The van der Waals surface area contributed by atoms with Crippen molar-refractivity contribution in [3.05, 3.63) is 88.9 Å². The maximum Gasteiger partial charge on any atom is 0.266 e. The van der Waals surface area contributed by atoms with Crippen molar-refractivity contribution in [2.75, 3.05) is 14.2 Å². The Morgan fingerprint density at radius 3 is 2.59 bits per heavy atom. The molecular weight excluding hydrogens is 369 g/mol. The van der Waals surface area contributed by atoms with E-state index in [0.29, 0.717) is 28.9 Å². The second kappa shape index (κ2) is 7.20. The molecule has 0 bridgehead atoms. The van der Waals surface area contributed by atoms with Crippen molar-refractivity contribution in [1.29, 1.82) is 0 Å². The fourth-order valence-corrected chi connectivity index (χ4v) is 3.89. The number of amides is 1. The van der Waals surface area contributed by atoms with E-state index in [1.165, 1.54) is 11.0 Å². The maximum atomic E-state index is 14.8. The van der Waals surface area contributed by atoms with Crippen LogP contribution in [0.2, 0.25) is 0 Å². The summed E-state index contributed by atoms with van der Waals surface area (Å²) >= 11 is 0. The van der Waals surface area contributed by atoms with Gasteiger partial charge in [0.25, 0.3) is 5.91 Å². The van der Waals surface area contributed by atoms with Crippen LogP contribution in [0.15, 0.2) is 71.4 Å². The molecular formula is C23H22FN3O2. The molecule has 1 aliphatic heterocycles. The molecule has 29 heavy (non-hydrogen) atoms. The van der Waals surface area contributed by atoms with Gasteiger partial charge in [0.15, 0.2) is 11.5 Å². The van der Waals surface area contributed by atoms with E-state index in [2.05, 4.69) is 4.99 Å². The van der Waals surface area contributed by atoms with E-state index in [9.17, 15) is 9.18 Å². The van der Waals surface area contributed by atoms with Crippen LogP contribution in [0, 0.1) is 5.82 Å². The van der Waals surface area contributed by atoms with Crippen molar-refractivity contribution in [3.63, 3.8) is 0 Å². The van der Waals surface area contributed by atoms with E-state index in [0.717, 1.165) is 12.0 Å². The predicted octanol–water partition coefficient (Wildman–Crippen LogP) is 3.56. The molecule has 2 aromatic rings. The number of halogens is 1. The Morgan fingerprint density at radius 1 is 1.17 bits per heavy atom. The maximum absolute atomic E-state index is 14.8. The van der Waals surface area contributed by atoms with Crippen molar-refractivity contribution in [1.82, 2.24) is 4.90 Å². The summed E-state index contributed by atoms with van der Waals surface area (Å²) in [6.45, 7) is 0. The number of methoxy groups -OCH3 is 1. The number of carbonyl (C=O) groups is 1. The number of guanidine groups is 1. The van der Waals surface area contributed by atoms with Crippen LogP contribution in [0.1, 0.15) is 29.5 Å². The first-order valence-corrected chi connectivity index (χ1v) is 9.41. The van der Waals surface area contributed by atoms with Gasteiger partial charge in [0.05, 0.1) is 7.11 Å². The Bertz CT molecular complexity index is 1060. The van der Waals surface area contributed by atoms with Gasteiger partial charge in [0, 0.05) is 12.6 Å². The van der Waals surface area contributed by atoms with Crippen LogP contribution >= 0.6 is 0 Å². The van der Waals surface area contributed by atoms with Crippen LogP contribution in [-0.4, -0.2) is 30.9 Å². The lowest BCUT2D eigenvalue weighted by molar-refractivity contribution is -0.129. The quantitative estimate of drug-likeness (QED) is 0.867. The number of benzene rings is 2. The van der Waals surface area contributed by atoms with E-state index < -0.39 is 5.54 Å². The molecule has 1 atom stereocenters. The van der Waals surface area contributed by atoms with Crippen LogP contribution in [0.25, 0.3) is 5.57 Å². The molecule has 2 N–H and O–H groups in total. The predicted molar refractivity (Wildman–Crippen MR) is 110 cm³/mol. The zero-order chi connectivity index (χ0) is 20.6. The first-order valence-electron chi connectivity index (χ1n) is 9.41. The van der Waals surface area contributed by atoms with Gasteiger partial charge in [-0.15, -0.1) is 0 Å². The van der Waals surface area contributed by atoms with Crippen LogP contribution in [0.3, 0.4) is 0 Å². The molecule has 1 amide bonds. The summed E-state index contributed by atoms with van der Waals surface area (Å²) in [4.78, 5) is 19.2. The lowest BCUT2D eigenvalue weighted by atomic mass is 9.81. The Kier molecular flexibility index (Phi) is 4.70. The molecule has 0 saturated carbocycles. The Labute approximate surface area is 169 Å². The molecule has 0 aromatic heterocycles. The van der Waals surface area contributed by atoms with Crippen molar-refractivity contribution in [2.24, 2.45) is 10.7 Å². The largest absolute Gasteiger partial charge is 0.497 e. The van der Waals surface area contributed by atoms with Gasteiger partial charge >= 0.3 is 0 Å². The zero-order valence-electron chi connectivity index (χ0n) is 16.4. The molecule has 1 unspecified atom stereocenters. The molecule has 0 fully saturated rings. The SMILES string of the molecule is COC1=CCCC(c2cc(C3(c4ccccc4)N=C(N)N(C)C3=O)ccc2F)=C1. The molecule has 2 aromatic carbocycles. The molecule has 1 aliphatic carbocycles. The van der Waals surface area contributed by atoms with E-state index >= 15 is 0 Å². The Hall–Kier alpha value is -3.41. The molecule has 4 rings (SSSR count). The number of rotatable bonds is 4. The first kappa shape index (κ1) is 18.9. The van der Waals surface area contributed by atoms with Crippen molar-refractivity contribution >= 4 is 17.4 Å². The highest BCUT2D eigenvalue weighted by molar-refractivity contribution is 6.09. The highest BCUT2D eigenvalue weighted by atomic mass is 19.1. The third-order valence-electron chi connectivity index (χ3n) is 5.47. The van der Waals surface area contributed by atoms with Gasteiger partial charge in [-0.25, -0.2) is 9.38 Å². The lowest BCUT2D eigenvalue weighted by Crippen LogP contribution is -2.41. The monoisotopic (exact) mass is 391 g/mol. The average Bonchev–Trinajstić information content (AvgIpc) is 2.99. The summed E-state index contributed by atoms with van der Waals surface area (Å²) in [6.07, 6.45) is 5.25. The van der Waals surface area contributed by atoms with Crippen LogP contribution < -0.4 is 5.73 Å². The molecule has 0 spiro atoms. The summed E-state index contributed by atoms with van der Waals surface area (Å²) in [7, 11) is 3.18. The number of hydrogen-bond donors (Lipinski definition) is 1. The van der Waals surface area contributed by atoms with E-state index in [4.69, 9.17) is 10.5 Å². The van der Waals surface area contributed by atoms with E-state index in [1.807, 2.05) is 42.5 Å². The number of ether oxygens (including phenoxy) is 1. The number of allylic oxidation sites excluding steroid dienone is 3. The Morgan fingerprint density at radius 2 is 1.93 bits per heavy atom. The van der Waals surface area contributed by atoms with E-state index in [-0.39, 0.29) is 17.7 Å². The first-order chi connectivity index (χ1) is 14.0. The minimum atomic E-state index is -1.34. The molecule has 148 valence electrons. The minimum absolute atomic E-state index is 0.131. The number of nitrogens with two attached hydrogens (primary N) is 1. The summed E-state index contributed by atoms with van der Waals surface area (Å²) in [5.41, 5.74) is 7.20. The van der Waals surface area contributed by atoms with Gasteiger partial charge in [-0.05, 0) is 53.8 Å². The molecule has 5 nitrogen and oxygen atoms in total. The molecule has 2 aliphatic rings. The molecule has 6 heteroatoms. The molecule has 0 saturated heterocycles. The topological polar surface area (TPSA) is 67.9 Å². The Balaban J connectivity index is 1.91. The van der Waals surface area contributed by atoms with Crippen molar-refractivity contribution in [2.45, 2.75) is 18.4 Å². The summed E-state index contributed by atoms with van der Waals surface area (Å²) < 4.78 is 20.1. The minimum Gasteiger partial charge on any atom is -0.497 e. The molecule has 1 heterocycles. The smallest absolute Gasteiger partial charge is 0.266 e. The van der Waals surface area contributed by atoms with Gasteiger partial charge in [-0.1, -0.05) is 36.4 Å². The number of carbonyl (C=O) groups excluding carboxylic acids is 1. The summed E-state index contributed by atoms with van der Waals surface area (Å²) in [5.74, 6) is 0.212. The summed E-state index contributed by atoms with van der Waals surface area (Å²) in [6, 6.07) is 13.9. The third-order valence-corrected chi connectivity index (χ3v) is 5.47. The summed E-state index contributed by atoms with van der Waals surface area (Å²) in [5, 5.41) is 0. The second-order valence-electron chi connectivity index (χ2n) is 7.12. The highest BCUT2D eigenvalue weighted by Crippen LogP contribution is 2.41. The molecule has 0 radical (unpaired) electrons. The van der Waals surface area contributed by atoms with Gasteiger partial charge in [-0.2, -0.15) is 0 Å². The number of aliphatic imine (C=N–C) groups is 1. The standard InChI is InChI=1S/C23H22FN3O2/c1-27-21(28)23(26-22(27)25,16-8-4-3-5-9-16)17-11-12-20(24)19(14-17)15-7-6-10-18(13-15)29-2/h3-5,8-14H,6-7H2,1-2H3,(H2,25,26). The van der Waals surface area contributed by atoms with Gasteiger partial charge < -0.3 is 10.5 Å². The second-order valence-corrected chi connectivity index (χ2v) is 7.12. The fraction of sp³-hybridized carbons (Fsp3) is 0.217. The normalized spacial score (nSPS) is 21.6. The lowest BCUT2D eigenvalue weighted by Gasteiger charge is -2.27. The number of likely N-dealkylation sites (N-methyl/N-ethyl adjacent to an activating group) is 1. The zero-order valence-corrected chi connectivity index (χ0v) is 16.4. The van der Waals surface area contributed by atoms with Crippen LogP contribution in [0.5, 0.6) is 0 Å². The van der Waals surface area contributed by atoms with E-state index in [1.54, 1.807) is 26.3 Å². The number of hydrogen-bond acceptors (Lipinski definition) is 4. The van der Waals surface area contributed by atoms with Crippen LogP contribution in [0.4, 0.5) is 4.39 Å². The van der Waals surface area contributed by atoms with Crippen molar-refractivity contribution < 1.29 is 13.9 Å². The highest BCUT2D eigenvalue weighted by Gasteiger charge is 2.49. The number of nitrogens with zero attached hydrogens (tertiary/aromatic N) is 2. The van der Waals surface area contributed by atoms with Crippen molar-refractivity contribution in [3.8, 4) is 0 Å².